The Kier molecular flexibility index (Phi) is 12.3. The molecular formula is C26H48O2. The molecular weight excluding hydrogens is 344 g/mol. The van der Waals surface area contributed by atoms with E-state index in [-0.39, 0.29) is 0 Å². The van der Waals surface area contributed by atoms with Crippen molar-refractivity contribution >= 4 is 5.97 Å². The zero-order valence-corrected chi connectivity index (χ0v) is 18.7. The summed E-state index contributed by atoms with van der Waals surface area (Å²) in [6.45, 7) is 0. The molecule has 2 aliphatic rings. The number of fused-ring (bicyclic) bond motifs is 1. The maximum Gasteiger partial charge on any atom is 0.303 e. The Morgan fingerprint density at radius 1 is 0.643 bits per heavy atom. The minimum absolute atomic E-state index is 0.353. The number of hydrogen-bond donors (Lipinski definition) is 1. The third-order valence-corrected chi connectivity index (χ3v) is 7.89. The Morgan fingerprint density at radius 2 is 1.11 bits per heavy atom. The zero-order chi connectivity index (χ0) is 19.9. The van der Waals surface area contributed by atoms with Gasteiger partial charge in [0.25, 0.3) is 0 Å². The Bertz CT molecular complexity index is 383. The highest BCUT2D eigenvalue weighted by atomic mass is 16.4. The van der Waals surface area contributed by atoms with E-state index in [1.807, 2.05) is 0 Å². The number of rotatable bonds is 8. The summed E-state index contributed by atoms with van der Waals surface area (Å²) >= 11 is 0. The normalized spacial score (nSPS) is 28.2. The van der Waals surface area contributed by atoms with Crippen molar-refractivity contribution in [1.82, 2.24) is 0 Å². The van der Waals surface area contributed by atoms with Crippen LogP contribution in [0.3, 0.4) is 0 Å². The first kappa shape index (κ1) is 23.7. The quantitative estimate of drug-likeness (QED) is 0.419. The van der Waals surface area contributed by atoms with Crippen molar-refractivity contribution < 1.29 is 9.90 Å². The fourth-order valence-corrected chi connectivity index (χ4v) is 6.18. The lowest BCUT2D eigenvalue weighted by Gasteiger charge is -2.43. The highest BCUT2D eigenvalue weighted by Crippen LogP contribution is 2.49. The van der Waals surface area contributed by atoms with Crippen LogP contribution in [0.2, 0.25) is 0 Å². The molecule has 0 aliphatic heterocycles. The molecule has 0 saturated heterocycles. The first-order valence-electron chi connectivity index (χ1n) is 12.9. The Balaban J connectivity index is 1.92. The average Bonchev–Trinajstić information content (AvgIpc) is 2.69. The Morgan fingerprint density at radius 3 is 1.68 bits per heavy atom. The molecule has 0 amide bonds. The lowest BCUT2D eigenvalue weighted by atomic mass is 9.62. The van der Waals surface area contributed by atoms with Crippen LogP contribution in [0.4, 0.5) is 0 Å². The molecule has 2 heteroatoms. The van der Waals surface area contributed by atoms with Gasteiger partial charge in [-0.3, -0.25) is 4.79 Å². The molecule has 2 rings (SSSR count). The second-order valence-corrected chi connectivity index (χ2v) is 10.0. The largest absolute Gasteiger partial charge is 0.481 e. The second kappa shape index (κ2) is 14.5. The summed E-state index contributed by atoms with van der Waals surface area (Å²) in [5, 5.41) is 8.80. The number of carbonyl (C=O) groups is 1. The van der Waals surface area contributed by atoms with Crippen LogP contribution >= 0.6 is 0 Å². The highest BCUT2D eigenvalue weighted by molar-refractivity contribution is 5.66. The van der Waals surface area contributed by atoms with Crippen molar-refractivity contribution in [1.29, 1.82) is 0 Å². The van der Waals surface area contributed by atoms with Gasteiger partial charge < -0.3 is 5.11 Å². The molecule has 0 atom stereocenters. The van der Waals surface area contributed by atoms with Crippen LogP contribution < -0.4 is 0 Å². The summed E-state index contributed by atoms with van der Waals surface area (Å²) in [5.74, 6) is 0.348. The topological polar surface area (TPSA) is 37.3 Å². The van der Waals surface area contributed by atoms with Crippen LogP contribution in [0.1, 0.15) is 148 Å². The van der Waals surface area contributed by atoms with Gasteiger partial charge in [0.15, 0.2) is 0 Å². The van der Waals surface area contributed by atoms with Gasteiger partial charge in [0.1, 0.15) is 0 Å². The molecule has 2 saturated carbocycles. The van der Waals surface area contributed by atoms with Gasteiger partial charge in [-0.15, -0.1) is 0 Å². The van der Waals surface area contributed by atoms with Gasteiger partial charge in [0, 0.05) is 6.42 Å². The van der Waals surface area contributed by atoms with E-state index in [0.717, 1.165) is 18.8 Å². The van der Waals surface area contributed by atoms with Crippen LogP contribution in [0, 0.1) is 11.3 Å². The number of carboxylic acids is 1. The predicted molar refractivity (Wildman–Crippen MR) is 120 cm³/mol. The third kappa shape index (κ3) is 9.31. The molecule has 0 heterocycles. The fraction of sp³-hybridized carbons (Fsp3) is 0.962. The van der Waals surface area contributed by atoms with Crippen LogP contribution in [0.5, 0.6) is 0 Å². The molecule has 164 valence electrons. The van der Waals surface area contributed by atoms with Gasteiger partial charge in [-0.25, -0.2) is 0 Å². The molecule has 0 aromatic rings. The van der Waals surface area contributed by atoms with Gasteiger partial charge in [0.05, 0.1) is 0 Å². The van der Waals surface area contributed by atoms with Crippen molar-refractivity contribution in [3.05, 3.63) is 0 Å². The zero-order valence-electron chi connectivity index (χ0n) is 18.7. The van der Waals surface area contributed by atoms with Crippen LogP contribution in [-0.2, 0) is 4.79 Å². The summed E-state index contributed by atoms with van der Waals surface area (Å²) in [5.41, 5.74) is 0.635. The molecule has 28 heavy (non-hydrogen) atoms. The van der Waals surface area contributed by atoms with Gasteiger partial charge in [0.2, 0.25) is 0 Å². The SMILES string of the molecule is O=C(O)CCCCCCCC12CCCCCCCCC1CCCCCCCC2. The van der Waals surface area contributed by atoms with Crippen LogP contribution in [-0.4, -0.2) is 11.1 Å². The molecule has 0 unspecified atom stereocenters. The van der Waals surface area contributed by atoms with Gasteiger partial charge in [-0.2, -0.15) is 0 Å². The third-order valence-electron chi connectivity index (χ3n) is 7.89. The van der Waals surface area contributed by atoms with E-state index in [2.05, 4.69) is 0 Å². The fourth-order valence-electron chi connectivity index (χ4n) is 6.18. The molecule has 0 aromatic heterocycles. The molecule has 2 fully saturated rings. The standard InChI is InChI=1S/C26H48O2/c27-25(28)20-14-8-5-11-17-23-26-21-15-9-3-1-6-12-18-24(26)19-13-7-2-4-10-16-22-26/h24H,1-23H2,(H,27,28). The first-order valence-corrected chi connectivity index (χ1v) is 12.9. The first-order chi connectivity index (χ1) is 13.7. The molecule has 0 bridgehead atoms. The lowest BCUT2D eigenvalue weighted by Crippen LogP contribution is -2.32. The van der Waals surface area contributed by atoms with Crippen molar-refractivity contribution in [2.75, 3.05) is 0 Å². The number of carboxylic acid groups (broad SMARTS) is 1. The van der Waals surface area contributed by atoms with E-state index < -0.39 is 5.97 Å². The number of hydrogen-bond acceptors (Lipinski definition) is 1. The van der Waals surface area contributed by atoms with E-state index in [1.54, 1.807) is 0 Å². The Labute approximate surface area is 175 Å². The van der Waals surface area contributed by atoms with Crippen molar-refractivity contribution in [3.8, 4) is 0 Å². The summed E-state index contributed by atoms with van der Waals surface area (Å²) in [6, 6.07) is 0. The van der Waals surface area contributed by atoms with Crippen molar-refractivity contribution in [3.63, 3.8) is 0 Å². The lowest BCUT2D eigenvalue weighted by molar-refractivity contribution is -0.137. The molecule has 0 aromatic carbocycles. The van der Waals surface area contributed by atoms with Gasteiger partial charge in [-0.05, 0) is 49.9 Å². The van der Waals surface area contributed by atoms with Crippen molar-refractivity contribution in [2.45, 2.75) is 148 Å². The Hall–Kier alpha value is -0.530. The van der Waals surface area contributed by atoms with E-state index in [0.29, 0.717) is 11.8 Å². The minimum Gasteiger partial charge on any atom is -0.481 e. The van der Waals surface area contributed by atoms with E-state index >= 15 is 0 Å². The van der Waals surface area contributed by atoms with Gasteiger partial charge in [-0.1, -0.05) is 103 Å². The van der Waals surface area contributed by atoms with Crippen LogP contribution in [0.25, 0.3) is 0 Å². The molecule has 2 nitrogen and oxygen atoms in total. The highest BCUT2D eigenvalue weighted by Gasteiger charge is 2.36. The second-order valence-electron chi connectivity index (χ2n) is 10.0. The predicted octanol–water partition coefficient (Wildman–Crippen LogP) is 8.67. The summed E-state index contributed by atoms with van der Waals surface area (Å²) < 4.78 is 0. The maximum atomic E-state index is 10.7. The van der Waals surface area contributed by atoms with E-state index in [9.17, 15) is 4.79 Å². The van der Waals surface area contributed by atoms with Crippen LogP contribution in [0.15, 0.2) is 0 Å². The average molecular weight is 393 g/mol. The molecule has 2 aliphatic carbocycles. The molecule has 1 N–H and O–H groups in total. The molecule has 0 radical (unpaired) electrons. The smallest absolute Gasteiger partial charge is 0.303 e. The maximum absolute atomic E-state index is 10.7. The summed E-state index contributed by atoms with van der Waals surface area (Å²) in [7, 11) is 0. The van der Waals surface area contributed by atoms with Crippen molar-refractivity contribution in [2.24, 2.45) is 11.3 Å². The monoisotopic (exact) mass is 392 g/mol. The van der Waals surface area contributed by atoms with Gasteiger partial charge >= 0.3 is 5.97 Å². The van der Waals surface area contributed by atoms with E-state index in [4.69, 9.17) is 5.11 Å². The van der Waals surface area contributed by atoms with E-state index in [1.165, 1.54) is 128 Å². The number of aliphatic carboxylic acids is 1. The number of unbranched alkanes of at least 4 members (excludes halogenated alkanes) is 4. The summed E-state index contributed by atoms with van der Waals surface area (Å²) in [6.07, 6.45) is 31.3. The minimum atomic E-state index is -0.635. The summed E-state index contributed by atoms with van der Waals surface area (Å²) in [4.78, 5) is 10.7. The molecule has 0 spiro atoms.